The number of hydrogen-bond donors (Lipinski definition) is 1. The molecule has 3 rings (SSSR count). The van der Waals surface area contributed by atoms with Crippen molar-refractivity contribution in [2.45, 2.75) is 26.7 Å². The van der Waals surface area contributed by atoms with Gasteiger partial charge in [-0.1, -0.05) is 32.0 Å². The topological polar surface area (TPSA) is 59.4 Å². The lowest BCUT2D eigenvalue weighted by molar-refractivity contribution is 0.0699. The molecule has 3 aromatic rings. The molecule has 128 valence electrons. The molecule has 0 amide bonds. The first-order valence-electron chi connectivity index (χ1n) is 8.24. The number of carbonyl (C=O) groups is 1. The molecule has 0 saturated carbocycles. The van der Waals surface area contributed by atoms with Crippen LogP contribution in [0.2, 0.25) is 0 Å². The number of ether oxygens (including phenoxy) is 1. The highest BCUT2D eigenvalue weighted by Crippen LogP contribution is 2.32. The number of carboxylic acid groups (broad SMARTS) is 1. The highest BCUT2D eigenvalue weighted by atomic mass is 16.5. The summed E-state index contributed by atoms with van der Waals surface area (Å²) in [5.41, 5.74) is 4.64. The Hall–Kier alpha value is -2.88. The van der Waals surface area contributed by atoms with Gasteiger partial charge in [0.15, 0.2) is 0 Å². The van der Waals surface area contributed by atoms with Crippen LogP contribution in [-0.2, 0) is 0 Å². The lowest BCUT2D eigenvalue weighted by Crippen LogP contribution is -2.03. The number of aromatic nitrogens is 1. The van der Waals surface area contributed by atoms with Crippen LogP contribution in [-0.4, -0.2) is 23.2 Å². The van der Waals surface area contributed by atoms with Crippen LogP contribution < -0.4 is 4.74 Å². The molecule has 0 saturated heterocycles. The number of benzene rings is 2. The Morgan fingerprint density at radius 2 is 1.92 bits per heavy atom. The normalized spacial score (nSPS) is 11.1. The van der Waals surface area contributed by atoms with Crippen molar-refractivity contribution in [3.63, 3.8) is 0 Å². The third-order valence-electron chi connectivity index (χ3n) is 4.43. The van der Waals surface area contributed by atoms with Crippen molar-refractivity contribution in [3.05, 3.63) is 59.2 Å². The van der Waals surface area contributed by atoms with Crippen LogP contribution in [0.3, 0.4) is 0 Å². The van der Waals surface area contributed by atoms with Gasteiger partial charge in [-0.2, -0.15) is 0 Å². The van der Waals surface area contributed by atoms with Gasteiger partial charge in [0.25, 0.3) is 0 Å². The van der Waals surface area contributed by atoms with Gasteiger partial charge in [-0.3, -0.25) is 0 Å². The van der Waals surface area contributed by atoms with Gasteiger partial charge in [0, 0.05) is 10.9 Å². The van der Waals surface area contributed by atoms with Crippen molar-refractivity contribution >= 4 is 16.9 Å². The molecule has 25 heavy (non-hydrogen) atoms. The van der Waals surface area contributed by atoms with E-state index in [0.29, 0.717) is 11.1 Å². The fourth-order valence-electron chi connectivity index (χ4n) is 3.10. The number of carboxylic acids is 1. The van der Waals surface area contributed by atoms with Gasteiger partial charge in [-0.05, 0) is 48.2 Å². The van der Waals surface area contributed by atoms with Crippen LogP contribution in [0.5, 0.6) is 5.75 Å². The highest BCUT2D eigenvalue weighted by molar-refractivity contribution is 6.04. The molecule has 2 aromatic carbocycles. The van der Waals surface area contributed by atoms with Crippen molar-refractivity contribution in [3.8, 4) is 17.0 Å². The zero-order chi connectivity index (χ0) is 18.1. The summed E-state index contributed by atoms with van der Waals surface area (Å²) in [6, 6.07) is 13.1. The number of pyridine rings is 1. The van der Waals surface area contributed by atoms with Gasteiger partial charge < -0.3 is 9.84 Å². The van der Waals surface area contributed by atoms with Crippen LogP contribution in [0.1, 0.15) is 41.3 Å². The molecular formula is C21H21NO3. The van der Waals surface area contributed by atoms with Gasteiger partial charge >= 0.3 is 5.97 Å². The number of rotatable bonds is 4. The number of fused-ring (bicyclic) bond motifs is 1. The SMILES string of the molecule is COc1ccc(-c2cc(C(=O)O)c3cccc(C(C)C)c3n2)c(C)c1. The third-order valence-corrected chi connectivity index (χ3v) is 4.43. The number of nitrogens with zero attached hydrogens (tertiary/aromatic N) is 1. The average molecular weight is 335 g/mol. The van der Waals surface area contributed by atoms with E-state index in [1.54, 1.807) is 13.2 Å². The van der Waals surface area contributed by atoms with E-state index in [9.17, 15) is 9.90 Å². The summed E-state index contributed by atoms with van der Waals surface area (Å²) in [7, 11) is 1.63. The summed E-state index contributed by atoms with van der Waals surface area (Å²) in [4.78, 5) is 16.6. The molecule has 0 unspecified atom stereocenters. The smallest absolute Gasteiger partial charge is 0.336 e. The number of aromatic carboxylic acids is 1. The second-order valence-corrected chi connectivity index (χ2v) is 6.44. The standard InChI is InChI=1S/C21H21NO3/c1-12(2)15-6-5-7-17-18(21(23)24)11-19(22-20(15)17)16-9-8-14(25-4)10-13(16)3/h5-12H,1-4H3,(H,23,24). The van der Waals surface area contributed by atoms with E-state index in [4.69, 9.17) is 9.72 Å². The Labute approximate surface area is 147 Å². The van der Waals surface area contributed by atoms with Gasteiger partial charge in [0.05, 0.1) is 23.9 Å². The van der Waals surface area contributed by atoms with Crippen LogP contribution in [0, 0.1) is 6.92 Å². The summed E-state index contributed by atoms with van der Waals surface area (Å²) >= 11 is 0. The fraction of sp³-hybridized carbons (Fsp3) is 0.238. The van der Waals surface area contributed by atoms with Crippen molar-refractivity contribution in [2.24, 2.45) is 0 Å². The zero-order valence-corrected chi connectivity index (χ0v) is 14.8. The Kier molecular flexibility index (Phi) is 4.45. The lowest BCUT2D eigenvalue weighted by atomic mass is 9.95. The molecule has 1 heterocycles. The Morgan fingerprint density at radius 1 is 1.16 bits per heavy atom. The van der Waals surface area contributed by atoms with Gasteiger partial charge in [0.1, 0.15) is 5.75 Å². The predicted molar refractivity (Wildman–Crippen MR) is 99.5 cm³/mol. The summed E-state index contributed by atoms with van der Waals surface area (Å²) < 4.78 is 5.25. The molecule has 0 bridgehead atoms. The van der Waals surface area contributed by atoms with E-state index < -0.39 is 5.97 Å². The van der Waals surface area contributed by atoms with E-state index in [0.717, 1.165) is 28.0 Å². The van der Waals surface area contributed by atoms with Crippen LogP contribution >= 0.6 is 0 Å². The van der Waals surface area contributed by atoms with E-state index in [-0.39, 0.29) is 11.5 Å². The van der Waals surface area contributed by atoms with E-state index in [1.807, 2.05) is 43.3 Å². The van der Waals surface area contributed by atoms with E-state index >= 15 is 0 Å². The minimum atomic E-state index is -0.944. The molecule has 0 aliphatic heterocycles. The molecule has 4 nitrogen and oxygen atoms in total. The third kappa shape index (κ3) is 3.07. The highest BCUT2D eigenvalue weighted by Gasteiger charge is 2.17. The number of para-hydroxylation sites is 1. The van der Waals surface area contributed by atoms with Crippen LogP contribution in [0.25, 0.3) is 22.2 Å². The Bertz CT molecular complexity index is 961. The van der Waals surface area contributed by atoms with Crippen molar-refractivity contribution < 1.29 is 14.6 Å². The van der Waals surface area contributed by atoms with E-state index in [2.05, 4.69) is 13.8 Å². The summed E-state index contributed by atoms with van der Waals surface area (Å²) in [5, 5.41) is 10.4. The maximum Gasteiger partial charge on any atom is 0.336 e. The first kappa shape index (κ1) is 17.0. The average Bonchev–Trinajstić information content (AvgIpc) is 2.59. The lowest BCUT2D eigenvalue weighted by Gasteiger charge is -2.14. The second-order valence-electron chi connectivity index (χ2n) is 6.44. The maximum atomic E-state index is 11.8. The van der Waals surface area contributed by atoms with Gasteiger partial charge in [0.2, 0.25) is 0 Å². The van der Waals surface area contributed by atoms with Crippen molar-refractivity contribution in [1.82, 2.24) is 4.98 Å². The van der Waals surface area contributed by atoms with Crippen molar-refractivity contribution in [2.75, 3.05) is 7.11 Å². The van der Waals surface area contributed by atoms with Gasteiger partial charge in [-0.25, -0.2) is 9.78 Å². The number of aryl methyl sites for hydroxylation is 1. The van der Waals surface area contributed by atoms with Crippen LogP contribution in [0.15, 0.2) is 42.5 Å². The molecule has 0 radical (unpaired) electrons. The summed E-state index contributed by atoms with van der Waals surface area (Å²) in [6.07, 6.45) is 0. The predicted octanol–water partition coefficient (Wildman–Crippen LogP) is 5.04. The molecule has 0 spiro atoms. The van der Waals surface area contributed by atoms with E-state index in [1.165, 1.54) is 0 Å². The first-order valence-corrected chi connectivity index (χ1v) is 8.24. The molecule has 1 aromatic heterocycles. The molecule has 0 atom stereocenters. The quantitative estimate of drug-likeness (QED) is 0.725. The second kappa shape index (κ2) is 6.55. The zero-order valence-electron chi connectivity index (χ0n) is 14.8. The summed E-state index contributed by atoms with van der Waals surface area (Å²) in [6.45, 7) is 6.14. The molecule has 0 aliphatic carbocycles. The van der Waals surface area contributed by atoms with Crippen molar-refractivity contribution in [1.29, 1.82) is 0 Å². The number of methoxy groups -OCH3 is 1. The summed E-state index contributed by atoms with van der Waals surface area (Å²) in [5.74, 6) is 0.0779. The Balaban J connectivity index is 2.33. The molecule has 4 heteroatoms. The molecule has 1 N–H and O–H groups in total. The minimum absolute atomic E-state index is 0.255. The molecular weight excluding hydrogens is 314 g/mol. The maximum absolute atomic E-state index is 11.8. The largest absolute Gasteiger partial charge is 0.497 e. The fourth-order valence-corrected chi connectivity index (χ4v) is 3.10. The number of hydrogen-bond acceptors (Lipinski definition) is 3. The van der Waals surface area contributed by atoms with Crippen LogP contribution in [0.4, 0.5) is 0 Å². The molecule has 0 fully saturated rings. The molecule has 0 aliphatic rings. The Morgan fingerprint density at radius 3 is 2.52 bits per heavy atom. The monoisotopic (exact) mass is 335 g/mol. The van der Waals surface area contributed by atoms with Gasteiger partial charge in [-0.15, -0.1) is 0 Å². The minimum Gasteiger partial charge on any atom is -0.497 e. The first-order chi connectivity index (χ1) is 11.9.